The van der Waals surface area contributed by atoms with Gasteiger partial charge in [-0.3, -0.25) is 0 Å². The van der Waals surface area contributed by atoms with Crippen LogP contribution in [0.1, 0.15) is 0 Å². The van der Waals surface area contributed by atoms with Crippen molar-refractivity contribution in [3.05, 3.63) is 267 Å². The van der Waals surface area contributed by atoms with Crippen LogP contribution < -0.4 is 4.90 Å². The van der Waals surface area contributed by atoms with E-state index in [1.165, 1.54) is 93.1 Å². The molecule has 0 aliphatic heterocycles. The fraction of sp³-hybridized carbons (Fsp3) is 0. The molecule has 1 aromatic heterocycles. The average molecular weight is 865 g/mol. The number of aromatic nitrogens is 1. The fourth-order valence-electron chi connectivity index (χ4n) is 10.7. The van der Waals surface area contributed by atoms with Crippen LogP contribution in [0, 0.1) is 0 Å². The van der Waals surface area contributed by atoms with E-state index in [0.29, 0.717) is 0 Å². The van der Waals surface area contributed by atoms with Crippen molar-refractivity contribution in [1.82, 2.24) is 4.57 Å². The zero-order chi connectivity index (χ0) is 45.0. The van der Waals surface area contributed by atoms with Gasteiger partial charge >= 0.3 is 0 Å². The van der Waals surface area contributed by atoms with E-state index in [1.54, 1.807) is 0 Å². The van der Waals surface area contributed by atoms with E-state index in [1.807, 2.05) is 0 Å². The molecule has 0 N–H and O–H groups in total. The lowest BCUT2D eigenvalue weighted by atomic mass is 9.92. The van der Waals surface area contributed by atoms with Crippen molar-refractivity contribution < 1.29 is 0 Å². The SMILES string of the molecule is c1ccc(-c2ccccc2N(c2ccc(-c3cccc(-n4c5ccccc5c5c6ccccc6ccc54)c3-c3ccccc3)cc2)c2ccc(-c3cc4ccccc4c4ccccc34)cc2)cc1. The molecule has 1 heterocycles. The van der Waals surface area contributed by atoms with Gasteiger partial charge in [0.15, 0.2) is 0 Å². The predicted octanol–water partition coefficient (Wildman–Crippen LogP) is 18.4. The Bertz CT molecular complexity index is 4000. The van der Waals surface area contributed by atoms with Crippen LogP contribution in [0.15, 0.2) is 267 Å². The Hall–Kier alpha value is -8.98. The highest BCUT2D eigenvalue weighted by Gasteiger charge is 2.22. The summed E-state index contributed by atoms with van der Waals surface area (Å²) in [5.41, 5.74) is 16.3. The third-order valence-electron chi connectivity index (χ3n) is 13.8. The van der Waals surface area contributed by atoms with E-state index in [4.69, 9.17) is 0 Å². The molecule has 68 heavy (non-hydrogen) atoms. The van der Waals surface area contributed by atoms with Crippen molar-refractivity contribution in [3.8, 4) is 50.2 Å². The second-order valence-corrected chi connectivity index (χ2v) is 17.6. The number of hydrogen-bond acceptors (Lipinski definition) is 1. The first-order valence-electron chi connectivity index (χ1n) is 23.4. The van der Waals surface area contributed by atoms with Crippen molar-refractivity contribution >= 4 is 71.2 Å². The maximum absolute atomic E-state index is 2.48. The molecule has 0 spiro atoms. The Balaban J connectivity index is 0.971. The molecule has 12 aromatic carbocycles. The summed E-state index contributed by atoms with van der Waals surface area (Å²) in [5, 5.41) is 10.1. The number of para-hydroxylation sites is 2. The molecular weight excluding hydrogens is 821 g/mol. The highest BCUT2D eigenvalue weighted by Crippen LogP contribution is 2.46. The first-order valence-corrected chi connectivity index (χ1v) is 23.4. The summed E-state index contributed by atoms with van der Waals surface area (Å²) in [5.74, 6) is 0. The van der Waals surface area contributed by atoms with Gasteiger partial charge in [-0.05, 0) is 120 Å². The van der Waals surface area contributed by atoms with E-state index in [0.717, 1.165) is 28.3 Å². The summed E-state index contributed by atoms with van der Waals surface area (Å²) in [6.45, 7) is 0. The highest BCUT2D eigenvalue weighted by atomic mass is 15.1. The molecule has 2 nitrogen and oxygen atoms in total. The van der Waals surface area contributed by atoms with E-state index >= 15 is 0 Å². The van der Waals surface area contributed by atoms with Crippen LogP contribution in [0.3, 0.4) is 0 Å². The molecule has 0 saturated carbocycles. The van der Waals surface area contributed by atoms with Crippen LogP contribution in [-0.2, 0) is 0 Å². The second-order valence-electron chi connectivity index (χ2n) is 17.6. The smallest absolute Gasteiger partial charge is 0.0547 e. The number of benzene rings is 12. The molecule has 2 heteroatoms. The van der Waals surface area contributed by atoms with E-state index < -0.39 is 0 Å². The number of anilines is 3. The van der Waals surface area contributed by atoms with Gasteiger partial charge in [0.2, 0.25) is 0 Å². The van der Waals surface area contributed by atoms with Gasteiger partial charge in [-0.25, -0.2) is 0 Å². The van der Waals surface area contributed by atoms with Gasteiger partial charge in [-0.2, -0.15) is 0 Å². The van der Waals surface area contributed by atoms with Crippen LogP contribution in [0.4, 0.5) is 17.1 Å². The molecule has 0 fully saturated rings. The van der Waals surface area contributed by atoms with Gasteiger partial charge in [0.1, 0.15) is 0 Å². The van der Waals surface area contributed by atoms with Gasteiger partial charge in [-0.1, -0.05) is 212 Å². The molecule has 13 rings (SSSR count). The van der Waals surface area contributed by atoms with Crippen LogP contribution in [0.25, 0.3) is 104 Å². The first kappa shape index (κ1) is 39.4. The molecule has 0 amide bonds. The first-order chi connectivity index (χ1) is 33.8. The molecule has 0 saturated heterocycles. The quantitative estimate of drug-likeness (QED) is 0.138. The maximum atomic E-state index is 2.48. The van der Waals surface area contributed by atoms with E-state index in [2.05, 4.69) is 276 Å². The van der Waals surface area contributed by atoms with Gasteiger partial charge in [-0.15, -0.1) is 0 Å². The third kappa shape index (κ3) is 6.57. The zero-order valence-electron chi connectivity index (χ0n) is 37.3. The van der Waals surface area contributed by atoms with Crippen LogP contribution in [0.2, 0.25) is 0 Å². The molecule has 0 unspecified atom stereocenters. The molecule has 0 aliphatic carbocycles. The van der Waals surface area contributed by atoms with Gasteiger partial charge in [0, 0.05) is 33.3 Å². The largest absolute Gasteiger partial charge is 0.310 e. The lowest BCUT2D eigenvalue weighted by Crippen LogP contribution is -2.11. The van der Waals surface area contributed by atoms with Gasteiger partial charge < -0.3 is 9.47 Å². The Labute approximate surface area is 395 Å². The number of rotatable bonds is 8. The minimum atomic E-state index is 1.08. The molecule has 0 atom stereocenters. The maximum Gasteiger partial charge on any atom is 0.0547 e. The van der Waals surface area contributed by atoms with Gasteiger partial charge in [0.25, 0.3) is 0 Å². The minimum Gasteiger partial charge on any atom is -0.310 e. The summed E-state index contributed by atoms with van der Waals surface area (Å²) in [6.07, 6.45) is 0. The normalized spacial score (nSPS) is 11.5. The van der Waals surface area contributed by atoms with Crippen LogP contribution in [-0.4, -0.2) is 4.57 Å². The zero-order valence-corrected chi connectivity index (χ0v) is 37.3. The van der Waals surface area contributed by atoms with Crippen molar-refractivity contribution in [2.45, 2.75) is 0 Å². The summed E-state index contributed by atoms with van der Waals surface area (Å²) < 4.78 is 2.48. The van der Waals surface area contributed by atoms with E-state index in [9.17, 15) is 0 Å². The van der Waals surface area contributed by atoms with Crippen molar-refractivity contribution in [2.24, 2.45) is 0 Å². The topological polar surface area (TPSA) is 8.17 Å². The Morgan fingerprint density at radius 1 is 0.279 bits per heavy atom. The Kier molecular flexibility index (Phi) is 9.54. The summed E-state index contributed by atoms with van der Waals surface area (Å²) in [4.78, 5) is 2.41. The van der Waals surface area contributed by atoms with Gasteiger partial charge in [0.05, 0.1) is 22.4 Å². The van der Waals surface area contributed by atoms with Crippen molar-refractivity contribution in [1.29, 1.82) is 0 Å². The van der Waals surface area contributed by atoms with E-state index in [-0.39, 0.29) is 0 Å². The van der Waals surface area contributed by atoms with Crippen molar-refractivity contribution in [2.75, 3.05) is 4.90 Å². The number of hydrogen-bond donors (Lipinski definition) is 0. The Morgan fingerprint density at radius 2 is 0.809 bits per heavy atom. The molecule has 318 valence electrons. The molecule has 13 aromatic rings. The third-order valence-corrected chi connectivity index (χ3v) is 13.8. The summed E-state index contributed by atoms with van der Waals surface area (Å²) >= 11 is 0. The molecule has 0 bridgehead atoms. The number of nitrogens with zero attached hydrogens (tertiary/aromatic N) is 2. The average Bonchev–Trinajstić information content (AvgIpc) is 3.76. The Morgan fingerprint density at radius 3 is 1.54 bits per heavy atom. The van der Waals surface area contributed by atoms with Crippen LogP contribution in [0.5, 0.6) is 0 Å². The lowest BCUT2D eigenvalue weighted by molar-refractivity contribution is 1.18. The van der Waals surface area contributed by atoms with Crippen molar-refractivity contribution in [3.63, 3.8) is 0 Å². The summed E-state index contributed by atoms with van der Waals surface area (Å²) in [6, 6.07) is 97.4. The molecule has 0 aliphatic rings. The second kappa shape index (κ2) is 16.5. The fourth-order valence-corrected chi connectivity index (χ4v) is 10.7. The number of fused-ring (bicyclic) bond motifs is 8. The standard InChI is InChI=1S/C66H44N2/c1-3-18-45(19-4-1)54-25-13-15-31-61(54)67(52-41-36-48(37-42-52)60-44-50-23-8-9-24-53(50)57-27-11-12-28-58(57)60)51-39-34-47(35-40-51)55-30-17-33-63(65(55)49-21-5-2-6-22-49)68-62-32-16-14-29-59(62)66-56-26-10-7-20-46(56)38-43-64(66)68/h1-44H. The molecule has 0 radical (unpaired) electrons. The molecular formula is C66H44N2. The minimum absolute atomic E-state index is 1.08. The van der Waals surface area contributed by atoms with Crippen LogP contribution >= 0.6 is 0 Å². The predicted molar refractivity (Wildman–Crippen MR) is 290 cm³/mol. The summed E-state index contributed by atoms with van der Waals surface area (Å²) in [7, 11) is 0. The lowest BCUT2D eigenvalue weighted by Gasteiger charge is -2.28. The highest BCUT2D eigenvalue weighted by molar-refractivity contribution is 6.21. The monoisotopic (exact) mass is 864 g/mol.